The van der Waals surface area contributed by atoms with Crippen molar-refractivity contribution in [2.75, 3.05) is 6.61 Å². The molecule has 0 aromatic carbocycles. The lowest BCUT2D eigenvalue weighted by molar-refractivity contribution is -0.0149. The Labute approximate surface area is 73.9 Å². The molecule has 0 bridgehead atoms. The molecule has 1 rings (SSSR count). The molecule has 2 heteroatoms. The molecule has 1 aliphatic carbocycles. The van der Waals surface area contributed by atoms with Gasteiger partial charge < -0.3 is 10.2 Å². The van der Waals surface area contributed by atoms with Crippen molar-refractivity contribution in [3.8, 4) is 0 Å². The molecule has 0 fully saturated rings. The summed E-state index contributed by atoms with van der Waals surface area (Å²) in [6.07, 6.45) is 4.30. The second-order valence-electron chi connectivity index (χ2n) is 3.98. The fourth-order valence-corrected chi connectivity index (χ4v) is 1.57. The van der Waals surface area contributed by atoms with E-state index < -0.39 is 5.60 Å². The number of hydrogen-bond acceptors (Lipinski definition) is 2. The predicted octanol–water partition coefficient (Wildman–Crippen LogP) is 1.48. The topological polar surface area (TPSA) is 40.5 Å². The van der Waals surface area contributed by atoms with E-state index in [1.165, 1.54) is 0 Å². The fraction of sp³-hybridized carbons (Fsp3) is 0.800. The quantitative estimate of drug-likeness (QED) is 0.616. The Hall–Kier alpha value is -0.340. The second-order valence-corrected chi connectivity index (χ2v) is 3.98. The van der Waals surface area contributed by atoms with Crippen LogP contribution >= 0.6 is 0 Å². The second kappa shape index (κ2) is 3.58. The Balaban J connectivity index is 2.61. The molecule has 0 aromatic heterocycles. The maximum Gasteiger partial charge on any atom is 0.0707 e. The van der Waals surface area contributed by atoms with Crippen molar-refractivity contribution < 1.29 is 10.2 Å². The Morgan fingerprint density at radius 3 is 2.58 bits per heavy atom. The van der Waals surface area contributed by atoms with Crippen LogP contribution in [0.5, 0.6) is 0 Å². The monoisotopic (exact) mass is 170 g/mol. The van der Waals surface area contributed by atoms with E-state index in [1.807, 2.05) is 19.9 Å². The number of aliphatic hydroxyl groups is 2. The molecule has 0 amide bonds. The van der Waals surface area contributed by atoms with Crippen LogP contribution in [0.25, 0.3) is 0 Å². The lowest BCUT2D eigenvalue weighted by atomic mass is 9.78. The summed E-state index contributed by atoms with van der Waals surface area (Å²) in [5, 5.41) is 18.9. The molecule has 1 atom stereocenters. The van der Waals surface area contributed by atoms with Gasteiger partial charge in [0.05, 0.1) is 12.2 Å². The molecule has 2 nitrogen and oxygen atoms in total. The standard InChI is InChI=1S/C10H18O2/c1-8(2)10(12)5-3-9(7-11)4-6-10/h3,8,11-12H,4-7H2,1-2H3. The summed E-state index contributed by atoms with van der Waals surface area (Å²) in [5.41, 5.74) is 0.541. The lowest BCUT2D eigenvalue weighted by Gasteiger charge is -2.34. The maximum atomic E-state index is 10.0. The first-order valence-corrected chi connectivity index (χ1v) is 4.59. The summed E-state index contributed by atoms with van der Waals surface area (Å²) in [6, 6.07) is 0. The highest BCUT2D eigenvalue weighted by Crippen LogP contribution is 2.32. The van der Waals surface area contributed by atoms with Gasteiger partial charge in [-0.05, 0) is 30.8 Å². The van der Waals surface area contributed by atoms with Crippen molar-refractivity contribution in [3.63, 3.8) is 0 Å². The minimum absolute atomic E-state index is 0.147. The minimum Gasteiger partial charge on any atom is -0.392 e. The first-order valence-electron chi connectivity index (χ1n) is 4.59. The number of hydrogen-bond donors (Lipinski definition) is 2. The normalized spacial score (nSPS) is 30.6. The highest BCUT2D eigenvalue weighted by atomic mass is 16.3. The van der Waals surface area contributed by atoms with Crippen LogP contribution in [0.4, 0.5) is 0 Å². The van der Waals surface area contributed by atoms with E-state index in [4.69, 9.17) is 5.11 Å². The molecule has 0 spiro atoms. The Bertz CT molecular complexity index is 184. The highest BCUT2D eigenvalue weighted by Gasteiger charge is 2.31. The Morgan fingerprint density at radius 2 is 2.25 bits per heavy atom. The molecule has 0 aliphatic heterocycles. The van der Waals surface area contributed by atoms with Gasteiger partial charge in [0.25, 0.3) is 0 Å². The van der Waals surface area contributed by atoms with Crippen LogP contribution in [0.3, 0.4) is 0 Å². The van der Waals surface area contributed by atoms with E-state index in [0.717, 1.165) is 18.4 Å². The molecule has 1 aliphatic rings. The van der Waals surface area contributed by atoms with E-state index in [0.29, 0.717) is 12.3 Å². The van der Waals surface area contributed by atoms with Crippen molar-refractivity contribution in [2.24, 2.45) is 5.92 Å². The third-order valence-corrected chi connectivity index (χ3v) is 2.90. The summed E-state index contributed by atoms with van der Waals surface area (Å²) < 4.78 is 0. The zero-order valence-electron chi connectivity index (χ0n) is 7.88. The van der Waals surface area contributed by atoms with Gasteiger partial charge >= 0.3 is 0 Å². The zero-order valence-corrected chi connectivity index (χ0v) is 7.88. The van der Waals surface area contributed by atoms with Gasteiger partial charge in [0.1, 0.15) is 0 Å². The minimum atomic E-state index is -0.529. The summed E-state index contributed by atoms with van der Waals surface area (Å²) in [7, 11) is 0. The van der Waals surface area contributed by atoms with Crippen molar-refractivity contribution in [1.82, 2.24) is 0 Å². The summed E-state index contributed by atoms with van der Waals surface area (Å²) in [5.74, 6) is 0.300. The van der Waals surface area contributed by atoms with Crippen LogP contribution < -0.4 is 0 Å². The van der Waals surface area contributed by atoms with E-state index in [9.17, 15) is 5.11 Å². The smallest absolute Gasteiger partial charge is 0.0707 e. The highest BCUT2D eigenvalue weighted by molar-refractivity contribution is 5.11. The largest absolute Gasteiger partial charge is 0.392 e. The predicted molar refractivity (Wildman–Crippen MR) is 48.8 cm³/mol. The van der Waals surface area contributed by atoms with Crippen LogP contribution in [-0.2, 0) is 0 Å². The lowest BCUT2D eigenvalue weighted by Crippen LogP contribution is -2.36. The van der Waals surface area contributed by atoms with Crippen LogP contribution in [0.1, 0.15) is 33.1 Å². The molecular formula is C10H18O2. The van der Waals surface area contributed by atoms with Crippen LogP contribution in [0, 0.1) is 5.92 Å². The number of aliphatic hydroxyl groups excluding tert-OH is 1. The van der Waals surface area contributed by atoms with Crippen molar-refractivity contribution in [3.05, 3.63) is 11.6 Å². The third-order valence-electron chi connectivity index (χ3n) is 2.90. The van der Waals surface area contributed by atoms with Crippen LogP contribution in [-0.4, -0.2) is 22.4 Å². The van der Waals surface area contributed by atoms with Gasteiger partial charge in [-0.15, -0.1) is 0 Å². The van der Waals surface area contributed by atoms with Crippen molar-refractivity contribution in [1.29, 1.82) is 0 Å². The third kappa shape index (κ3) is 1.87. The zero-order chi connectivity index (χ0) is 9.19. The summed E-state index contributed by atoms with van der Waals surface area (Å²) >= 11 is 0. The molecule has 0 saturated carbocycles. The number of rotatable bonds is 2. The maximum absolute atomic E-state index is 10.0. The van der Waals surface area contributed by atoms with Gasteiger partial charge in [-0.1, -0.05) is 19.9 Å². The first kappa shape index (κ1) is 9.75. The van der Waals surface area contributed by atoms with Crippen LogP contribution in [0.2, 0.25) is 0 Å². The summed E-state index contributed by atoms with van der Waals surface area (Å²) in [4.78, 5) is 0. The van der Waals surface area contributed by atoms with E-state index in [2.05, 4.69) is 0 Å². The van der Waals surface area contributed by atoms with Gasteiger partial charge in [-0.25, -0.2) is 0 Å². The van der Waals surface area contributed by atoms with Gasteiger partial charge in [0.2, 0.25) is 0 Å². The van der Waals surface area contributed by atoms with Crippen molar-refractivity contribution in [2.45, 2.75) is 38.7 Å². The average Bonchev–Trinajstić information content (AvgIpc) is 2.06. The molecule has 70 valence electrons. The van der Waals surface area contributed by atoms with E-state index >= 15 is 0 Å². The molecule has 12 heavy (non-hydrogen) atoms. The fourth-order valence-electron chi connectivity index (χ4n) is 1.57. The Morgan fingerprint density at radius 1 is 1.58 bits per heavy atom. The SMILES string of the molecule is CC(C)C1(O)CC=C(CO)CC1. The first-order chi connectivity index (χ1) is 5.58. The van der Waals surface area contributed by atoms with Crippen LogP contribution in [0.15, 0.2) is 11.6 Å². The molecule has 2 N–H and O–H groups in total. The van der Waals surface area contributed by atoms with Gasteiger partial charge in [0.15, 0.2) is 0 Å². The Kier molecular flexibility index (Phi) is 2.91. The summed E-state index contributed by atoms with van der Waals surface area (Å²) in [6.45, 7) is 4.23. The van der Waals surface area contributed by atoms with Gasteiger partial charge in [-0.3, -0.25) is 0 Å². The molecule has 0 saturated heterocycles. The van der Waals surface area contributed by atoms with Gasteiger partial charge in [0, 0.05) is 0 Å². The molecule has 0 aromatic rings. The molecule has 0 heterocycles. The molecule has 0 radical (unpaired) electrons. The van der Waals surface area contributed by atoms with Gasteiger partial charge in [-0.2, -0.15) is 0 Å². The van der Waals surface area contributed by atoms with E-state index in [1.54, 1.807) is 0 Å². The van der Waals surface area contributed by atoms with Crippen molar-refractivity contribution >= 4 is 0 Å². The average molecular weight is 170 g/mol. The molecular weight excluding hydrogens is 152 g/mol. The molecule has 1 unspecified atom stereocenters. The van der Waals surface area contributed by atoms with E-state index in [-0.39, 0.29) is 6.61 Å².